The van der Waals surface area contributed by atoms with E-state index in [1.54, 1.807) is 6.92 Å². The molecular weight excluding hydrogens is 296 g/mol. The molecule has 3 fully saturated rings. The second kappa shape index (κ2) is 6.63. The highest BCUT2D eigenvalue weighted by Crippen LogP contribution is 2.60. The molecule has 3 rings (SSSR count). The molecule has 0 aliphatic heterocycles. The normalized spacial score (nSPS) is 35.7. The van der Waals surface area contributed by atoms with E-state index in [1.165, 1.54) is 19.3 Å². The fourth-order valence-electron chi connectivity index (χ4n) is 4.85. The van der Waals surface area contributed by atoms with Gasteiger partial charge in [-0.1, -0.05) is 6.58 Å². The molecule has 0 aromatic rings. The van der Waals surface area contributed by atoms with Crippen LogP contribution >= 0.6 is 0 Å². The zero-order valence-corrected chi connectivity index (χ0v) is 13.7. The van der Waals surface area contributed by atoms with Crippen LogP contribution in [0.5, 0.6) is 0 Å². The summed E-state index contributed by atoms with van der Waals surface area (Å²) >= 11 is 0. The Morgan fingerprint density at radius 3 is 2.22 bits per heavy atom. The molecule has 3 aliphatic rings. The van der Waals surface area contributed by atoms with Crippen LogP contribution in [0.15, 0.2) is 12.2 Å². The smallest absolute Gasteiger partial charge is 0.333 e. The third-order valence-electron chi connectivity index (χ3n) is 5.89. The second-order valence-corrected chi connectivity index (χ2v) is 7.49. The lowest BCUT2D eigenvalue weighted by Crippen LogP contribution is -2.27. The fraction of sp³-hybridized carbons (Fsp3) is 0.778. The van der Waals surface area contributed by atoms with Crippen molar-refractivity contribution in [2.45, 2.75) is 45.1 Å². The molecule has 5 nitrogen and oxygen atoms in total. The van der Waals surface area contributed by atoms with Crippen molar-refractivity contribution in [3.8, 4) is 0 Å². The summed E-state index contributed by atoms with van der Waals surface area (Å²) in [4.78, 5) is 23.4. The zero-order valence-electron chi connectivity index (χ0n) is 13.7. The Balaban J connectivity index is 1.39. The third-order valence-corrected chi connectivity index (χ3v) is 5.89. The first-order chi connectivity index (χ1) is 11.0. The zero-order chi connectivity index (χ0) is 16.6. The highest BCUT2D eigenvalue weighted by Gasteiger charge is 2.53. The maximum Gasteiger partial charge on any atom is 0.333 e. The van der Waals surface area contributed by atoms with E-state index in [0.717, 1.165) is 24.7 Å². The summed E-state index contributed by atoms with van der Waals surface area (Å²) in [7, 11) is 0. The number of rotatable bonds is 6. The number of carbonyl (C=O) groups excluding carboxylic acids is 2. The van der Waals surface area contributed by atoms with Crippen molar-refractivity contribution in [1.29, 1.82) is 0 Å². The minimum atomic E-state index is -0.987. The van der Waals surface area contributed by atoms with Crippen LogP contribution in [-0.2, 0) is 19.1 Å². The van der Waals surface area contributed by atoms with E-state index in [9.17, 15) is 14.7 Å². The van der Waals surface area contributed by atoms with Crippen LogP contribution in [0.4, 0.5) is 0 Å². The van der Waals surface area contributed by atoms with Gasteiger partial charge in [-0.3, -0.25) is 4.79 Å². The number of ether oxygens (including phenoxy) is 2. The summed E-state index contributed by atoms with van der Waals surface area (Å²) in [6.45, 7) is 4.70. The van der Waals surface area contributed by atoms with Gasteiger partial charge in [-0.2, -0.15) is 0 Å². The number of hydrogen-bond donors (Lipinski definition) is 1. The van der Waals surface area contributed by atoms with Gasteiger partial charge in [0.15, 0.2) is 0 Å². The number of fused-ring (bicyclic) bond motifs is 5. The van der Waals surface area contributed by atoms with E-state index >= 15 is 0 Å². The van der Waals surface area contributed by atoms with Crippen molar-refractivity contribution in [3.05, 3.63) is 12.2 Å². The number of aliphatic hydroxyl groups excluding tert-OH is 1. The van der Waals surface area contributed by atoms with Crippen molar-refractivity contribution < 1.29 is 24.2 Å². The van der Waals surface area contributed by atoms with Crippen molar-refractivity contribution in [3.63, 3.8) is 0 Å². The van der Waals surface area contributed by atoms with Crippen LogP contribution < -0.4 is 0 Å². The van der Waals surface area contributed by atoms with E-state index in [2.05, 4.69) is 6.58 Å². The summed E-state index contributed by atoms with van der Waals surface area (Å²) in [6, 6.07) is 0. The summed E-state index contributed by atoms with van der Waals surface area (Å²) < 4.78 is 10.1. The summed E-state index contributed by atoms with van der Waals surface area (Å²) in [5.41, 5.74) is 0.279. The lowest BCUT2D eigenvalue weighted by atomic mass is 9.82. The molecule has 0 saturated heterocycles. The van der Waals surface area contributed by atoms with Crippen LogP contribution in [0, 0.1) is 29.6 Å². The molecule has 2 bridgehead atoms. The van der Waals surface area contributed by atoms with Crippen LogP contribution in [0.3, 0.4) is 0 Å². The molecule has 0 aromatic carbocycles. The Kier molecular flexibility index (Phi) is 4.76. The maximum atomic E-state index is 12.2. The number of esters is 2. The summed E-state index contributed by atoms with van der Waals surface area (Å²) in [5, 5.41) is 9.74. The molecule has 23 heavy (non-hydrogen) atoms. The highest BCUT2D eigenvalue weighted by atomic mass is 16.6. The van der Waals surface area contributed by atoms with Crippen LogP contribution in [0.2, 0.25) is 0 Å². The Labute approximate surface area is 137 Å². The molecule has 5 heteroatoms. The monoisotopic (exact) mass is 322 g/mol. The van der Waals surface area contributed by atoms with Gasteiger partial charge in [0.1, 0.15) is 19.3 Å². The van der Waals surface area contributed by atoms with E-state index in [-0.39, 0.29) is 30.7 Å². The molecule has 0 amide bonds. The van der Waals surface area contributed by atoms with Gasteiger partial charge in [0.05, 0.1) is 5.92 Å². The number of aliphatic hydroxyl groups is 1. The van der Waals surface area contributed by atoms with Gasteiger partial charge in [-0.15, -0.1) is 0 Å². The molecule has 128 valence electrons. The lowest BCUT2D eigenvalue weighted by molar-refractivity contribution is -0.154. The lowest BCUT2D eigenvalue weighted by Gasteiger charge is -2.23. The second-order valence-electron chi connectivity index (χ2n) is 7.49. The Morgan fingerprint density at radius 2 is 1.65 bits per heavy atom. The summed E-state index contributed by atoms with van der Waals surface area (Å²) in [6.07, 6.45) is 4.95. The first-order valence-electron chi connectivity index (χ1n) is 8.63. The van der Waals surface area contributed by atoms with Crippen molar-refractivity contribution in [2.75, 3.05) is 13.2 Å². The van der Waals surface area contributed by atoms with Gasteiger partial charge in [0.2, 0.25) is 0 Å². The fourth-order valence-corrected chi connectivity index (χ4v) is 4.85. The standard InChI is InChI=1S/C18H26O5/c1-10(2)17(20)22-8-14(19)9-23-18(21)13-6-15-11-3-4-12(5-11)16(15)7-13/h11-16,19H,1,3-9H2,2H3. The van der Waals surface area contributed by atoms with Gasteiger partial charge < -0.3 is 14.6 Å². The Morgan fingerprint density at radius 1 is 1.09 bits per heavy atom. The van der Waals surface area contributed by atoms with Gasteiger partial charge in [0.25, 0.3) is 0 Å². The number of hydrogen-bond acceptors (Lipinski definition) is 5. The molecule has 0 heterocycles. The van der Waals surface area contributed by atoms with Crippen LogP contribution in [-0.4, -0.2) is 36.4 Å². The SMILES string of the molecule is C=C(C)C(=O)OCC(O)COC(=O)C1CC2C3CCC(C3)C2C1. The molecule has 0 aromatic heterocycles. The predicted molar refractivity (Wildman–Crippen MR) is 83.3 cm³/mol. The van der Waals surface area contributed by atoms with Gasteiger partial charge >= 0.3 is 11.9 Å². The van der Waals surface area contributed by atoms with E-state index < -0.39 is 12.1 Å². The first kappa shape index (κ1) is 16.5. The third kappa shape index (κ3) is 3.44. The Hall–Kier alpha value is -1.36. The van der Waals surface area contributed by atoms with Crippen molar-refractivity contribution in [1.82, 2.24) is 0 Å². The van der Waals surface area contributed by atoms with Crippen LogP contribution in [0.1, 0.15) is 39.0 Å². The average Bonchev–Trinajstić information content (AvgIpc) is 3.21. The predicted octanol–water partition coefficient (Wildman–Crippen LogP) is 2.08. The summed E-state index contributed by atoms with van der Waals surface area (Å²) in [5.74, 6) is 2.32. The molecule has 0 radical (unpaired) electrons. The van der Waals surface area contributed by atoms with E-state index in [4.69, 9.17) is 9.47 Å². The van der Waals surface area contributed by atoms with Crippen molar-refractivity contribution in [2.24, 2.45) is 29.6 Å². The number of carbonyl (C=O) groups is 2. The first-order valence-corrected chi connectivity index (χ1v) is 8.63. The van der Waals surface area contributed by atoms with Gasteiger partial charge in [0, 0.05) is 5.57 Å². The molecular formula is C18H26O5. The van der Waals surface area contributed by atoms with Gasteiger partial charge in [-0.25, -0.2) is 4.79 Å². The molecule has 0 spiro atoms. The van der Waals surface area contributed by atoms with E-state index in [0.29, 0.717) is 11.8 Å². The molecule has 3 saturated carbocycles. The van der Waals surface area contributed by atoms with Crippen LogP contribution in [0.25, 0.3) is 0 Å². The van der Waals surface area contributed by atoms with Crippen molar-refractivity contribution >= 4 is 11.9 Å². The van der Waals surface area contributed by atoms with E-state index in [1.807, 2.05) is 0 Å². The highest BCUT2D eigenvalue weighted by molar-refractivity contribution is 5.86. The molecule has 1 N–H and O–H groups in total. The molecule has 3 aliphatic carbocycles. The largest absolute Gasteiger partial charge is 0.463 e. The average molecular weight is 322 g/mol. The topological polar surface area (TPSA) is 72.8 Å². The maximum absolute atomic E-state index is 12.2. The molecule has 5 unspecified atom stereocenters. The minimum absolute atomic E-state index is 0.0152. The minimum Gasteiger partial charge on any atom is -0.463 e. The van der Waals surface area contributed by atoms with Gasteiger partial charge in [-0.05, 0) is 62.7 Å². The molecule has 5 atom stereocenters. The quantitative estimate of drug-likeness (QED) is 0.599. The Bertz CT molecular complexity index is 482.